The Morgan fingerprint density at radius 2 is 1.81 bits per heavy atom. The lowest BCUT2D eigenvalue weighted by Gasteiger charge is -2.18. The summed E-state index contributed by atoms with van der Waals surface area (Å²) >= 11 is 6.20. The molecule has 0 saturated carbocycles. The number of rotatable bonds is 4. The van der Waals surface area contributed by atoms with Crippen molar-refractivity contribution in [3.05, 3.63) is 34.3 Å². The molecular formula is C14H22ClN. The summed E-state index contributed by atoms with van der Waals surface area (Å²) in [5, 5.41) is 0.789. The third-order valence-corrected chi connectivity index (χ3v) is 3.16. The Balaban J connectivity index is 2.97. The van der Waals surface area contributed by atoms with Gasteiger partial charge in [-0.05, 0) is 35.4 Å². The average molecular weight is 240 g/mol. The molecule has 0 aliphatic rings. The summed E-state index contributed by atoms with van der Waals surface area (Å²) in [6, 6.07) is 6.25. The molecule has 1 atom stereocenters. The van der Waals surface area contributed by atoms with E-state index in [9.17, 15) is 0 Å². The van der Waals surface area contributed by atoms with Gasteiger partial charge in [0.15, 0.2) is 0 Å². The molecular weight excluding hydrogens is 218 g/mol. The van der Waals surface area contributed by atoms with Crippen molar-refractivity contribution in [2.24, 2.45) is 11.7 Å². The fraction of sp³-hybridized carbons (Fsp3) is 0.571. The first-order valence-corrected chi connectivity index (χ1v) is 6.34. The van der Waals surface area contributed by atoms with Crippen LogP contribution in [0.1, 0.15) is 57.2 Å². The highest BCUT2D eigenvalue weighted by molar-refractivity contribution is 6.31. The second kappa shape index (κ2) is 5.70. The van der Waals surface area contributed by atoms with E-state index in [1.54, 1.807) is 0 Å². The fourth-order valence-corrected chi connectivity index (χ4v) is 2.10. The first kappa shape index (κ1) is 13.5. The predicted molar refractivity (Wildman–Crippen MR) is 71.9 cm³/mol. The number of halogens is 1. The van der Waals surface area contributed by atoms with E-state index in [1.807, 2.05) is 6.07 Å². The van der Waals surface area contributed by atoms with Gasteiger partial charge in [-0.3, -0.25) is 0 Å². The minimum Gasteiger partial charge on any atom is -0.324 e. The van der Waals surface area contributed by atoms with E-state index >= 15 is 0 Å². The zero-order valence-electron chi connectivity index (χ0n) is 10.6. The summed E-state index contributed by atoms with van der Waals surface area (Å²) in [4.78, 5) is 0. The lowest BCUT2D eigenvalue weighted by atomic mass is 9.94. The standard InChI is InChI=1S/C14H22ClN/c1-9(2)7-14(16)12-8-11(10(3)4)5-6-13(12)15/h5-6,8-10,14H,7,16H2,1-4H3. The highest BCUT2D eigenvalue weighted by atomic mass is 35.5. The Bertz CT molecular complexity index is 345. The van der Waals surface area contributed by atoms with Gasteiger partial charge in [0.05, 0.1) is 0 Å². The maximum Gasteiger partial charge on any atom is 0.0453 e. The Labute approximate surface area is 104 Å². The van der Waals surface area contributed by atoms with Crippen LogP contribution in [-0.4, -0.2) is 0 Å². The number of hydrogen-bond acceptors (Lipinski definition) is 1. The zero-order chi connectivity index (χ0) is 12.3. The summed E-state index contributed by atoms with van der Waals surface area (Å²) in [5.41, 5.74) is 8.57. The molecule has 0 bridgehead atoms. The SMILES string of the molecule is CC(C)CC(N)c1cc(C(C)C)ccc1Cl. The van der Waals surface area contributed by atoms with E-state index in [2.05, 4.69) is 39.8 Å². The lowest BCUT2D eigenvalue weighted by Crippen LogP contribution is -2.13. The molecule has 0 aromatic heterocycles. The number of nitrogens with two attached hydrogens (primary N) is 1. The molecule has 1 aromatic carbocycles. The molecule has 0 aliphatic heterocycles. The molecule has 0 spiro atoms. The minimum absolute atomic E-state index is 0.0474. The Kier molecular flexibility index (Phi) is 4.82. The van der Waals surface area contributed by atoms with Crippen molar-refractivity contribution in [1.29, 1.82) is 0 Å². The number of benzene rings is 1. The molecule has 16 heavy (non-hydrogen) atoms. The van der Waals surface area contributed by atoms with E-state index in [-0.39, 0.29) is 6.04 Å². The van der Waals surface area contributed by atoms with E-state index < -0.39 is 0 Å². The Morgan fingerprint density at radius 1 is 1.19 bits per heavy atom. The van der Waals surface area contributed by atoms with Crippen molar-refractivity contribution >= 4 is 11.6 Å². The molecule has 2 heteroatoms. The third-order valence-electron chi connectivity index (χ3n) is 2.81. The average Bonchev–Trinajstić information content (AvgIpc) is 2.16. The quantitative estimate of drug-likeness (QED) is 0.822. The lowest BCUT2D eigenvalue weighted by molar-refractivity contribution is 0.509. The van der Waals surface area contributed by atoms with Gasteiger partial charge in [0, 0.05) is 11.1 Å². The topological polar surface area (TPSA) is 26.0 Å². The summed E-state index contributed by atoms with van der Waals surface area (Å²) < 4.78 is 0. The highest BCUT2D eigenvalue weighted by Crippen LogP contribution is 2.29. The molecule has 1 rings (SSSR count). The van der Waals surface area contributed by atoms with Gasteiger partial charge < -0.3 is 5.73 Å². The molecule has 90 valence electrons. The highest BCUT2D eigenvalue weighted by Gasteiger charge is 2.13. The van der Waals surface area contributed by atoms with Gasteiger partial charge in [0.2, 0.25) is 0 Å². The monoisotopic (exact) mass is 239 g/mol. The Morgan fingerprint density at radius 3 is 2.31 bits per heavy atom. The van der Waals surface area contributed by atoms with Crippen LogP contribution in [0.15, 0.2) is 18.2 Å². The van der Waals surface area contributed by atoms with Crippen LogP contribution in [0.3, 0.4) is 0 Å². The molecule has 0 aliphatic carbocycles. The smallest absolute Gasteiger partial charge is 0.0453 e. The molecule has 2 N–H and O–H groups in total. The van der Waals surface area contributed by atoms with Crippen molar-refractivity contribution in [2.75, 3.05) is 0 Å². The van der Waals surface area contributed by atoms with Crippen LogP contribution >= 0.6 is 11.6 Å². The zero-order valence-corrected chi connectivity index (χ0v) is 11.4. The Hall–Kier alpha value is -0.530. The summed E-state index contributed by atoms with van der Waals surface area (Å²) in [6.07, 6.45) is 0.973. The van der Waals surface area contributed by atoms with Crippen molar-refractivity contribution < 1.29 is 0 Å². The van der Waals surface area contributed by atoms with Crippen LogP contribution in [0.5, 0.6) is 0 Å². The van der Waals surface area contributed by atoms with Crippen LogP contribution in [0.4, 0.5) is 0 Å². The van der Waals surface area contributed by atoms with E-state index in [1.165, 1.54) is 5.56 Å². The van der Waals surface area contributed by atoms with Gasteiger partial charge in [0.25, 0.3) is 0 Å². The molecule has 0 amide bonds. The van der Waals surface area contributed by atoms with Gasteiger partial charge >= 0.3 is 0 Å². The van der Waals surface area contributed by atoms with Crippen LogP contribution in [-0.2, 0) is 0 Å². The van der Waals surface area contributed by atoms with Crippen LogP contribution < -0.4 is 5.73 Å². The van der Waals surface area contributed by atoms with Gasteiger partial charge in [-0.25, -0.2) is 0 Å². The van der Waals surface area contributed by atoms with Gasteiger partial charge in [-0.2, -0.15) is 0 Å². The maximum absolute atomic E-state index is 6.20. The molecule has 1 nitrogen and oxygen atoms in total. The summed E-state index contributed by atoms with van der Waals surface area (Å²) in [5.74, 6) is 1.11. The third kappa shape index (κ3) is 3.50. The van der Waals surface area contributed by atoms with Crippen molar-refractivity contribution in [2.45, 2.75) is 46.1 Å². The molecule has 1 unspecified atom stereocenters. The van der Waals surface area contributed by atoms with E-state index in [0.717, 1.165) is 17.0 Å². The van der Waals surface area contributed by atoms with Crippen LogP contribution in [0, 0.1) is 5.92 Å². The first-order chi connectivity index (χ1) is 7.41. The normalized spacial score (nSPS) is 13.5. The molecule has 0 fully saturated rings. The largest absolute Gasteiger partial charge is 0.324 e. The second-order valence-corrected chi connectivity index (χ2v) is 5.58. The van der Waals surface area contributed by atoms with E-state index in [0.29, 0.717) is 11.8 Å². The summed E-state index contributed by atoms with van der Waals surface area (Å²) in [6.45, 7) is 8.72. The minimum atomic E-state index is 0.0474. The maximum atomic E-state index is 6.20. The first-order valence-electron chi connectivity index (χ1n) is 5.96. The van der Waals surface area contributed by atoms with Crippen molar-refractivity contribution in [3.63, 3.8) is 0 Å². The molecule has 1 aromatic rings. The van der Waals surface area contributed by atoms with Crippen molar-refractivity contribution in [3.8, 4) is 0 Å². The van der Waals surface area contributed by atoms with Gasteiger partial charge in [-0.1, -0.05) is 51.4 Å². The molecule has 0 radical (unpaired) electrons. The van der Waals surface area contributed by atoms with Gasteiger partial charge in [0.1, 0.15) is 0 Å². The molecule has 0 saturated heterocycles. The predicted octanol–water partition coefficient (Wildman–Crippen LogP) is 4.51. The molecule has 0 heterocycles. The van der Waals surface area contributed by atoms with Crippen LogP contribution in [0.2, 0.25) is 5.02 Å². The van der Waals surface area contributed by atoms with Gasteiger partial charge in [-0.15, -0.1) is 0 Å². The summed E-state index contributed by atoms with van der Waals surface area (Å²) in [7, 11) is 0. The fourth-order valence-electron chi connectivity index (χ4n) is 1.84. The van der Waals surface area contributed by atoms with Crippen LogP contribution in [0.25, 0.3) is 0 Å². The van der Waals surface area contributed by atoms with Crippen molar-refractivity contribution in [1.82, 2.24) is 0 Å². The second-order valence-electron chi connectivity index (χ2n) is 5.17. The number of hydrogen-bond donors (Lipinski definition) is 1. The van der Waals surface area contributed by atoms with E-state index in [4.69, 9.17) is 17.3 Å².